The van der Waals surface area contributed by atoms with Crippen LogP contribution in [0.15, 0.2) is 46.0 Å². The smallest absolute Gasteiger partial charge is 0.0935 e. The van der Waals surface area contributed by atoms with Gasteiger partial charge in [0, 0.05) is 15.1 Å². The van der Waals surface area contributed by atoms with Crippen LogP contribution in [0.25, 0.3) is 0 Å². The minimum atomic E-state index is 0.418. The molecule has 19 heavy (non-hydrogen) atoms. The van der Waals surface area contributed by atoms with E-state index in [-0.39, 0.29) is 0 Å². The van der Waals surface area contributed by atoms with Crippen molar-refractivity contribution in [1.29, 1.82) is 0 Å². The first-order valence-corrected chi connectivity index (χ1v) is 7.19. The van der Waals surface area contributed by atoms with E-state index >= 15 is 0 Å². The summed E-state index contributed by atoms with van der Waals surface area (Å²) in [5, 5.41) is 5.43. The van der Waals surface area contributed by atoms with Crippen LogP contribution in [0, 0.1) is 0 Å². The third-order valence-electron chi connectivity index (χ3n) is 2.29. The number of anilines is 1. The maximum atomic E-state index is 6.03. The van der Waals surface area contributed by atoms with E-state index in [1.165, 1.54) is 0 Å². The van der Waals surface area contributed by atoms with Crippen molar-refractivity contribution in [1.82, 2.24) is 0 Å². The van der Waals surface area contributed by atoms with E-state index in [1.807, 2.05) is 24.3 Å². The molecule has 0 aromatic heterocycles. The zero-order valence-corrected chi connectivity index (χ0v) is 13.4. The van der Waals surface area contributed by atoms with Crippen molar-refractivity contribution in [3.63, 3.8) is 0 Å². The van der Waals surface area contributed by atoms with E-state index in [0.717, 1.165) is 10.0 Å². The van der Waals surface area contributed by atoms with Crippen LogP contribution in [0.2, 0.25) is 15.1 Å². The maximum Gasteiger partial charge on any atom is 0.0935 e. The zero-order chi connectivity index (χ0) is 13.8. The first-order valence-electron chi connectivity index (χ1n) is 5.26. The summed E-state index contributed by atoms with van der Waals surface area (Å²) in [6.07, 6.45) is 1.67. The van der Waals surface area contributed by atoms with Crippen LogP contribution < -0.4 is 5.43 Å². The van der Waals surface area contributed by atoms with Crippen molar-refractivity contribution in [3.8, 4) is 0 Å². The van der Waals surface area contributed by atoms with Gasteiger partial charge >= 0.3 is 0 Å². The summed E-state index contributed by atoms with van der Waals surface area (Å²) in [4.78, 5) is 0. The molecule has 0 amide bonds. The van der Waals surface area contributed by atoms with Crippen LogP contribution in [0.5, 0.6) is 0 Å². The fraction of sp³-hybridized carbons (Fsp3) is 0. The molecule has 0 fully saturated rings. The minimum Gasteiger partial charge on any atom is -0.275 e. The SMILES string of the molecule is Clc1cc(Cl)c(N/N=C\c2ccccc2Br)c(Cl)c1. The summed E-state index contributed by atoms with van der Waals surface area (Å²) in [6, 6.07) is 10.9. The molecule has 2 aromatic rings. The van der Waals surface area contributed by atoms with Crippen molar-refractivity contribution in [3.05, 3.63) is 61.5 Å². The molecule has 0 saturated carbocycles. The Bertz CT molecular complexity index is 606. The van der Waals surface area contributed by atoms with Gasteiger partial charge in [0.2, 0.25) is 0 Å². The summed E-state index contributed by atoms with van der Waals surface area (Å²) in [5.74, 6) is 0. The Balaban J connectivity index is 2.18. The fourth-order valence-corrected chi connectivity index (χ4v) is 2.68. The molecule has 6 heteroatoms. The Morgan fingerprint density at radius 1 is 1.05 bits per heavy atom. The first-order chi connectivity index (χ1) is 9.08. The summed E-state index contributed by atoms with van der Waals surface area (Å²) in [7, 11) is 0. The number of hydrazone groups is 1. The van der Waals surface area contributed by atoms with E-state index in [0.29, 0.717) is 20.8 Å². The summed E-state index contributed by atoms with van der Waals surface area (Å²) in [5.41, 5.74) is 4.28. The molecule has 0 aliphatic carbocycles. The second-order valence-corrected chi connectivity index (χ2v) is 5.74. The molecule has 0 bridgehead atoms. The number of nitrogens with zero attached hydrogens (tertiary/aromatic N) is 1. The number of hydrogen-bond acceptors (Lipinski definition) is 2. The van der Waals surface area contributed by atoms with Crippen LogP contribution in [0.4, 0.5) is 5.69 Å². The normalized spacial score (nSPS) is 10.9. The van der Waals surface area contributed by atoms with Gasteiger partial charge in [-0.1, -0.05) is 68.9 Å². The summed E-state index contributed by atoms with van der Waals surface area (Å²) >= 11 is 21.3. The molecule has 2 aromatic carbocycles. The average molecular weight is 378 g/mol. The highest BCUT2D eigenvalue weighted by molar-refractivity contribution is 9.10. The molecular formula is C13H8BrCl3N2. The van der Waals surface area contributed by atoms with E-state index in [2.05, 4.69) is 26.5 Å². The predicted octanol–water partition coefficient (Wildman–Crippen LogP) is 5.86. The van der Waals surface area contributed by atoms with Crippen LogP contribution in [-0.4, -0.2) is 6.21 Å². The lowest BCUT2D eigenvalue weighted by molar-refractivity contribution is 1.35. The van der Waals surface area contributed by atoms with Crippen molar-refractivity contribution < 1.29 is 0 Å². The molecule has 0 heterocycles. The number of nitrogens with one attached hydrogen (secondary N) is 1. The third-order valence-corrected chi connectivity index (χ3v) is 3.83. The van der Waals surface area contributed by atoms with Crippen molar-refractivity contribution >= 4 is 62.6 Å². The highest BCUT2D eigenvalue weighted by Crippen LogP contribution is 2.33. The molecule has 0 unspecified atom stereocenters. The van der Waals surface area contributed by atoms with Gasteiger partial charge in [0.25, 0.3) is 0 Å². The van der Waals surface area contributed by atoms with Crippen LogP contribution >= 0.6 is 50.7 Å². The lowest BCUT2D eigenvalue weighted by atomic mass is 10.2. The topological polar surface area (TPSA) is 24.4 Å². The third kappa shape index (κ3) is 3.86. The Kier molecular flexibility index (Phi) is 5.11. The number of halogens is 4. The summed E-state index contributed by atoms with van der Waals surface area (Å²) < 4.78 is 0.953. The van der Waals surface area contributed by atoms with Crippen molar-refractivity contribution in [2.24, 2.45) is 5.10 Å². The standard InChI is InChI=1S/C13H8BrCl3N2/c14-10-4-2-1-3-8(10)7-18-19-13-11(16)5-9(15)6-12(13)17/h1-7,19H/b18-7-. The molecule has 98 valence electrons. The lowest BCUT2D eigenvalue weighted by Crippen LogP contribution is -1.93. The highest BCUT2D eigenvalue weighted by Gasteiger charge is 2.06. The van der Waals surface area contributed by atoms with E-state index in [4.69, 9.17) is 34.8 Å². The van der Waals surface area contributed by atoms with Gasteiger partial charge in [-0.15, -0.1) is 0 Å². The molecule has 1 N–H and O–H groups in total. The molecular weight excluding hydrogens is 370 g/mol. The van der Waals surface area contributed by atoms with Gasteiger partial charge in [0.05, 0.1) is 21.9 Å². The molecule has 0 aliphatic heterocycles. The molecule has 2 rings (SSSR count). The van der Waals surface area contributed by atoms with Crippen LogP contribution in [0.1, 0.15) is 5.56 Å². The number of hydrogen-bond donors (Lipinski definition) is 1. The molecule has 2 nitrogen and oxygen atoms in total. The molecule has 0 saturated heterocycles. The van der Waals surface area contributed by atoms with Crippen LogP contribution in [0.3, 0.4) is 0 Å². The van der Waals surface area contributed by atoms with Gasteiger partial charge in [0.15, 0.2) is 0 Å². The Morgan fingerprint density at radius 2 is 1.68 bits per heavy atom. The predicted molar refractivity (Wildman–Crippen MR) is 86.8 cm³/mol. The minimum absolute atomic E-state index is 0.418. The zero-order valence-electron chi connectivity index (χ0n) is 9.50. The van der Waals surface area contributed by atoms with Crippen LogP contribution in [-0.2, 0) is 0 Å². The van der Waals surface area contributed by atoms with Gasteiger partial charge in [-0.3, -0.25) is 5.43 Å². The van der Waals surface area contributed by atoms with Gasteiger partial charge < -0.3 is 0 Å². The summed E-state index contributed by atoms with van der Waals surface area (Å²) in [6.45, 7) is 0. The Hall–Kier alpha value is -0.740. The van der Waals surface area contributed by atoms with Gasteiger partial charge in [0.1, 0.15) is 0 Å². The fourth-order valence-electron chi connectivity index (χ4n) is 1.40. The lowest BCUT2D eigenvalue weighted by Gasteiger charge is -2.06. The monoisotopic (exact) mass is 376 g/mol. The van der Waals surface area contributed by atoms with Crippen molar-refractivity contribution in [2.75, 3.05) is 5.43 Å². The highest BCUT2D eigenvalue weighted by atomic mass is 79.9. The second kappa shape index (κ2) is 6.62. The Labute approximate surface area is 134 Å². The maximum absolute atomic E-state index is 6.03. The number of benzene rings is 2. The quantitative estimate of drug-likeness (QED) is 0.525. The molecule has 0 atom stereocenters. The van der Waals surface area contributed by atoms with E-state index in [9.17, 15) is 0 Å². The second-order valence-electron chi connectivity index (χ2n) is 3.64. The first kappa shape index (κ1) is 14.7. The van der Waals surface area contributed by atoms with E-state index < -0.39 is 0 Å². The molecule has 0 radical (unpaired) electrons. The van der Waals surface area contributed by atoms with Gasteiger partial charge in [-0.2, -0.15) is 5.10 Å². The van der Waals surface area contributed by atoms with Crippen molar-refractivity contribution in [2.45, 2.75) is 0 Å². The Morgan fingerprint density at radius 3 is 2.32 bits per heavy atom. The number of rotatable bonds is 3. The molecule has 0 spiro atoms. The molecule has 0 aliphatic rings. The largest absolute Gasteiger partial charge is 0.275 e. The van der Waals surface area contributed by atoms with Gasteiger partial charge in [-0.25, -0.2) is 0 Å². The van der Waals surface area contributed by atoms with Gasteiger partial charge in [-0.05, 0) is 18.2 Å². The average Bonchev–Trinajstić information content (AvgIpc) is 2.34. The van der Waals surface area contributed by atoms with E-state index in [1.54, 1.807) is 18.3 Å².